The van der Waals surface area contributed by atoms with Crippen molar-refractivity contribution in [1.29, 1.82) is 0 Å². The van der Waals surface area contributed by atoms with Crippen LogP contribution < -0.4 is 5.73 Å². The number of piperidine rings is 2. The van der Waals surface area contributed by atoms with Crippen LogP contribution in [0.5, 0.6) is 0 Å². The van der Waals surface area contributed by atoms with Crippen molar-refractivity contribution in [3.63, 3.8) is 0 Å². The van der Waals surface area contributed by atoms with Crippen molar-refractivity contribution in [2.45, 2.75) is 63.3 Å². The van der Waals surface area contributed by atoms with Crippen LogP contribution in [-0.2, 0) is 9.59 Å². The standard InChI is InChI=1S/C17H29N3O2.ClH/c18-17(8-2-3-9-17)16(22)19-11-6-14(7-12-19)13-20-10-4-1-5-15(20)21;/h14H,1-13,18H2;1H. The number of nitrogens with two attached hydrogens (primary N) is 1. The lowest BCUT2D eigenvalue weighted by Crippen LogP contribution is -2.55. The molecule has 0 radical (unpaired) electrons. The van der Waals surface area contributed by atoms with Gasteiger partial charge in [-0.2, -0.15) is 0 Å². The highest BCUT2D eigenvalue weighted by Crippen LogP contribution is 2.30. The zero-order chi connectivity index (χ0) is 15.6. The lowest BCUT2D eigenvalue weighted by atomic mass is 9.91. The van der Waals surface area contributed by atoms with Gasteiger partial charge in [0.1, 0.15) is 0 Å². The average Bonchev–Trinajstić information content (AvgIpc) is 2.98. The smallest absolute Gasteiger partial charge is 0.242 e. The molecule has 23 heavy (non-hydrogen) atoms. The van der Waals surface area contributed by atoms with Crippen LogP contribution in [0.2, 0.25) is 0 Å². The van der Waals surface area contributed by atoms with Crippen LogP contribution in [-0.4, -0.2) is 53.3 Å². The number of rotatable bonds is 3. The fourth-order valence-corrected chi connectivity index (χ4v) is 4.22. The van der Waals surface area contributed by atoms with Gasteiger partial charge in [-0.3, -0.25) is 9.59 Å². The van der Waals surface area contributed by atoms with Crippen molar-refractivity contribution in [1.82, 2.24) is 9.80 Å². The molecule has 0 unspecified atom stereocenters. The molecule has 0 atom stereocenters. The summed E-state index contributed by atoms with van der Waals surface area (Å²) in [6, 6.07) is 0. The Morgan fingerprint density at radius 1 is 1.09 bits per heavy atom. The molecule has 0 spiro atoms. The van der Waals surface area contributed by atoms with Gasteiger partial charge in [0, 0.05) is 32.6 Å². The minimum atomic E-state index is -0.588. The molecule has 1 aliphatic carbocycles. The second kappa shape index (κ2) is 7.84. The second-order valence-electron chi connectivity index (χ2n) is 7.40. The molecule has 0 aromatic carbocycles. The Hall–Kier alpha value is -0.810. The molecular formula is C17H30ClN3O2. The van der Waals surface area contributed by atoms with Gasteiger partial charge in [0.15, 0.2) is 0 Å². The zero-order valence-electron chi connectivity index (χ0n) is 14.0. The molecule has 1 saturated carbocycles. The lowest BCUT2D eigenvalue weighted by molar-refractivity contribution is -0.139. The Balaban J connectivity index is 0.00000192. The van der Waals surface area contributed by atoms with Crippen molar-refractivity contribution < 1.29 is 9.59 Å². The SMILES string of the molecule is Cl.NC1(C(=O)N2CCC(CN3CCCCC3=O)CC2)CCCC1. The maximum absolute atomic E-state index is 12.6. The Morgan fingerprint density at radius 2 is 1.74 bits per heavy atom. The maximum atomic E-state index is 12.6. The molecular weight excluding hydrogens is 314 g/mol. The first kappa shape index (κ1) is 18.5. The average molecular weight is 344 g/mol. The number of hydrogen-bond donors (Lipinski definition) is 1. The van der Waals surface area contributed by atoms with Gasteiger partial charge in [0.05, 0.1) is 5.54 Å². The molecule has 0 aromatic rings. The third-order valence-electron chi connectivity index (χ3n) is 5.72. The molecule has 2 saturated heterocycles. The first-order valence-electron chi connectivity index (χ1n) is 8.94. The zero-order valence-corrected chi connectivity index (χ0v) is 14.8. The summed E-state index contributed by atoms with van der Waals surface area (Å²) in [4.78, 5) is 28.5. The Labute approximate surface area is 145 Å². The summed E-state index contributed by atoms with van der Waals surface area (Å²) in [5, 5.41) is 0. The third-order valence-corrected chi connectivity index (χ3v) is 5.72. The summed E-state index contributed by atoms with van der Waals surface area (Å²) < 4.78 is 0. The van der Waals surface area contributed by atoms with Gasteiger partial charge < -0.3 is 15.5 Å². The Morgan fingerprint density at radius 3 is 2.35 bits per heavy atom. The van der Waals surface area contributed by atoms with E-state index in [1.54, 1.807) is 0 Å². The van der Waals surface area contributed by atoms with E-state index in [-0.39, 0.29) is 18.3 Å². The van der Waals surface area contributed by atoms with Crippen LogP contribution in [0.3, 0.4) is 0 Å². The van der Waals surface area contributed by atoms with E-state index in [0.29, 0.717) is 18.2 Å². The van der Waals surface area contributed by atoms with E-state index < -0.39 is 5.54 Å². The van der Waals surface area contributed by atoms with Crippen LogP contribution in [0.15, 0.2) is 0 Å². The van der Waals surface area contributed by atoms with Crippen LogP contribution >= 0.6 is 12.4 Å². The minimum absolute atomic E-state index is 0. The van der Waals surface area contributed by atoms with E-state index in [1.165, 1.54) is 0 Å². The first-order valence-corrected chi connectivity index (χ1v) is 8.94. The number of amides is 2. The van der Waals surface area contributed by atoms with Gasteiger partial charge in [-0.05, 0) is 44.4 Å². The van der Waals surface area contributed by atoms with Crippen molar-refractivity contribution in [2.75, 3.05) is 26.2 Å². The molecule has 2 heterocycles. The molecule has 2 N–H and O–H groups in total. The fourth-order valence-electron chi connectivity index (χ4n) is 4.22. The van der Waals surface area contributed by atoms with Gasteiger partial charge in [-0.1, -0.05) is 12.8 Å². The number of hydrogen-bond acceptors (Lipinski definition) is 3. The largest absolute Gasteiger partial charge is 0.342 e. The highest BCUT2D eigenvalue weighted by atomic mass is 35.5. The van der Waals surface area contributed by atoms with E-state index >= 15 is 0 Å². The summed E-state index contributed by atoms with van der Waals surface area (Å²) in [6.45, 7) is 3.42. The van der Waals surface area contributed by atoms with Crippen LogP contribution in [0.4, 0.5) is 0 Å². The van der Waals surface area contributed by atoms with Gasteiger partial charge in [0.25, 0.3) is 0 Å². The number of carbonyl (C=O) groups excluding carboxylic acids is 2. The summed E-state index contributed by atoms with van der Waals surface area (Å²) in [5.74, 6) is 1.03. The minimum Gasteiger partial charge on any atom is -0.342 e. The summed E-state index contributed by atoms with van der Waals surface area (Å²) in [6.07, 6.45) is 8.75. The molecule has 3 rings (SSSR count). The van der Waals surface area contributed by atoms with E-state index in [2.05, 4.69) is 0 Å². The van der Waals surface area contributed by atoms with Crippen LogP contribution in [0.1, 0.15) is 57.8 Å². The van der Waals surface area contributed by atoms with Crippen molar-refractivity contribution in [3.8, 4) is 0 Å². The molecule has 3 aliphatic rings. The molecule has 5 nitrogen and oxygen atoms in total. The molecule has 132 valence electrons. The van der Waals surface area contributed by atoms with Gasteiger partial charge in [-0.25, -0.2) is 0 Å². The van der Waals surface area contributed by atoms with Gasteiger partial charge in [-0.15, -0.1) is 12.4 Å². The van der Waals surface area contributed by atoms with Gasteiger partial charge in [0.2, 0.25) is 11.8 Å². The molecule has 3 fully saturated rings. The van der Waals surface area contributed by atoms with E-state index in [9.17, 15) is 9.59 Å². The molecule has 2 amide bonds. The van der Waals surface area contributed by atoms with Gasteiger partial charge >= 0.3 is 0 Å². The van der Waals surface area contributed by atoms with Crippen LogP contribution in [0, 0.1) is 5.92 Å². The van der Waals surface area contributed by atoms with Crippen LogP contribution in [0.25, 0.3) is 0 Å². The highest BCUT2D eigenvalue weighted by molar-refractivity contribution is 5.86. The van der Waals surface area contributed by atoms with E-state index in [1.807, 2.05) is 9.80 Å². The predicted octanol–water partition coefficient (Wildman–Crippen LogP) is 1.93. The van der Waals surface area contributed by atoms with Crippen molar-refractivity contribution in [3.05, 3.63) is 0 Å². The third kappa shape index (κ3) is 4.18. The molecule has 2 aliphatic heterocycles. The number of carbonyl (C=O) groups is 2. The fraction of sp³-hybridized carbons (Fsp3) is 0.882. The topological polar surface area (TPSA) is 66.6 Å². The predicted molar refractivity (Wildman–Crippen MR) is 92.4 cm³/mol. The Bertz CT molecular complexity index is 430. The molecule has 0 aromatic heterocycles. The normalized spacial score (nSPS) is 25.3. The first-order chi connectivity index (χ1) is 10.6. The Kier molecular flexibility index (Phi) is 6.32. The second-order valence-corrected chi connectivity index (χ2v) is 7.40. The molecule has 6 heteroatoms. The number of likely N-dealkylation sites (tertiary alicyclic amines) is 2. The summed E-state index contributed by atoms with van der Waals surface area (Å²) in [7, 11) is 0. The van der Waals surface area contributed by atoms with Crippen molar-refractivity contribution >= 4 is 24.2 Å². The lowest BCUT2D eigenvalue weighted by Gasteiger charge is -2.38. The quantitative estimate of drug-likeness (QED) is 0.851. The highest BCUT2D eigenvalue weighted by Gasteiger charge is 2.40. The monoisotopic (exact) mass is 343 g/mol. The van der Waals surface area contributed by atoms with E-state index in [0.717, 1.165) is 77.5 Å². The molecule has 0 bridgehead atoms. The van der Waals surface area contributed by atoms with E-state index in [4.69, 9.17) is 5.73 Å². The number of halogens is 1. The summed E-state index contributed by atoms with van der Waals surface area (Å²) >= 11 is 0. The summed E-state index contributed by atoms with van der Waals surface area (Å²) in [5.41, 5.74) is 5.70. The number of nitrogens with zero attached hydrogens (tertiary/aromatic N) is 2. The van der Waals surface area contributed by atoms with Crippen molar-refractivity contribution in [2.24, 2.45) is 11.7 Å². The maximum Gasteiger partial charge on any atom is 0.242 e.